The highest BCUT2D eigenvalue weighted by molar-refractivity contribution is 5.97. The van der Waals surface area contributed by atoms with Gasteiger partial charge in [0.05, 0.1) is 18.1 Å². The molecule has 2 rings (SSSR count). The van der Waals surface area contributed by atoms with Gasteiger partial charge in [0.15, 0.2) is 12.7 Å². The van der Waals surface area contributed by atoms with E-state index < -0.39 is 22.9 Å². The summed E-state index contributed by atoms with van der Waals surface area (Å²) in [6, 6.07) is 7.87. The quantitative estimate of drug-likeness (QED) is 0.398. The number of ether oxygens (including phenoxy) is 3. The number of hydrogen-bond acceptors (Lipinski definition) is 7. The number of aryl methyl sites for hydroxylation is 3. The summed E-state index contributed by atoms with van der Waals surface area (Å²) in [5.41, 5.74) is 2.49. The highest BCUT2D eigenvalue weighted by atomic mass is 16.6. The smallest absolute Gasteiger partial charge is 0.344 e. The lowest BCUT2D eigenvalue weighted by Gasteiger charge is -2.16. The minimum Gasteiger partial charge on any atom is -0.496 e. The van der Waals surface area contributed by atoms with Gasteiger partial charge < -0.3 is 19.5 Å². The van der Waals surface area contributed by atoms with Gasteiger partial charge in [-0.15, -0.1) is 0 Å². The summed E-state index contributed by atoms with van der Waals surface area (Å²) in [5, 5.41) is 13.6. The zero-order valence-corrected chi connectivity index (χ0v) is 17.5. The van der Waals surface area contributed by atoms with E-state index in [4.69, 9.17) is 14.2 Å². The molecule has 1 atom stereocenters. The number of benzene rings is 2. The number of methoxy groups -OCH3 is 1. The van der Waals surface area contributed by atoms with Crippen molar-refractivity contribution >= 4 is 23.3 Å². The first-order valence-electron chi connectivity index (χ1n) is 9.15. The molecule has 9 heteroatoms. The van der Waals surface area contributed by atoms with E-state index in [2.05, 4.69) is 5.32 Å². The highest BCUT2D eigenvalue weighted by Gasteiger charge is 2.23. The van der Waals surface area contributed by atoms with Gasteiger partial charge in [-0.25, -0.2) is 4.79 Å². The highest BCUT2D eigenvalue weighted by Crippen LogP contribution is 2.29. The van der Waals surface area contributed by atoms with Gasteiger partial charge in [-0.3, -0.25) is 14.9 Å². The lowest BCUT2D eigenvalue weighted by Crippen LogP contribution is -2.32. The first-order chi connectivity index (χ1) is 14.1. The van der Waals surface area contributed by atoms with Gasteiger partial charge in [-0.05, 0) is 51.0 Å². The fourth-order valence-corrected chi connectivity index (χ4v) is 2.94. The summed E-state index contributed by atoms with van der Waals surface area (Å²) in [6.07, 6.45) is -1.18. The molecule has 0 bridgehead atoms. The number of esters is 1. The molecule has 2 aromatic rings. The average Bonchev–Trinajstić information content (AvgIpc) is 2.67. The van der Waals surface area contributed by atoms with Crippen LogP contribution in [0.2, 0.25) is 0 Å². The number of nitro groups is 1. The Morgan fingerprint density at radius 3 is 2.33 bits per heavy atom. The summed E-state index contributed by atoms with van der Waals surface area (Å²) in [6.45, 7) is 6.71. The standard InChI is InChI=1S/C21H24N2O7/c1-12-8-13(2)20(14(3)9-12)29-11-19(24)30-15(4)21(25)22-17-7-6-16(28-5)10-18(17)23(26)27/h6-10,15H,11H2,1-5H3,(H,22,25)/t15-/m0/s1. The molecule has 160 valence electrons. The molecule has 0 aliphatic rings. The first kappa shape index (κ1) is 22.7. The Labute approximate surface area is 174 Å². The van der Waals surface area contributed by atoms with E-state index in [1.165, 1.54) is 32.2 Å². The second-order valence-corrected chi connectivity index (χ2v) is 6.78. The Morgan fingerprint density at radius 1 is 1.13 bits per heavy atom. The maximum absolute atomic E-state index is 12.3. The van der Waals surface area contributed by atoms with Crippen molar-refractivity contribution in [1.82, 2.24) is 0 Å². The topological polar surface area (TPSA) is 117 Å². The molecule has 0 aliphatic carbocycles. The Morgan fingerprint density at radius 2 is 1.77 bits per heavy atom. The van der Waals surface area contributed by atoms with Crippen molar-refractivity contribution in [1.29, 1.82) is 0 Å². The van der Waals surface area contributed by atoms with Crippen LogP contribution in [-0.2, 0) is 14.3 Å². The van der Waals surface area contributed by atoms with Crippen molar-refractivity contribution in [3.8, 4) is 11.5 Å². The fourth-order valence-electron chi connectivity index (χ4n) is 2.94. The average molecular weight is 416 g/mol. The number of nitrogens with one attached hydrogen (secondary N) is 1. The largest absolute Gasteiger partial charge is 0.496 e. The predicted octanol–water partition coefficient (Wildman–Crippen LogP) is 3.48. The van der Waals surface area contributed by atoms with Crippen LogP contribution in [0.5, 0.6) is 11.5 Å². The van der Waals surface area contributed by atoms with Gasteiger partial charge in [-0.1, -0.05) is 17.7 Å². The van der Waals surface area contributed by atoms with Crippen LogP contribution in [0.1, 0.15) is 23.6 Å². The van der Waals surface area contributed by atoms with E-state index in [-0.39, 0.29) is 23.7 Å². The molecule has 0 fully saturated rings. The number of carbonyl (C=O) groups excluding carboxylic acids is 2. The van der Waals surface area contributed by atoms with Crippen molar-refractivity contribution in [3.63, 3.8) is 0 Å². The van der Waals surface area contributed by atoms with E-state index >= 15 is 0 Å². The van der Waals surface area contributed by atoms with Gasteiger partial charge in [0, 0.05) is 0 Å². The van der Waals surface area contributed by atoms with Crippen LogP contribution in [0.25, 0.3) is 0 Å². The minimum absolute atomic E-state index is 0.0316. The maximum Gasteiger partial charge on any atom is 0.344 e. The Hall–Kier alpha value is -3.62. The van der Waals surface area contributed by atoms with Crippen LogP contribution in [0, 0.1) is 30.9 Å². The van der Waals surface area contributed by atoms with Crippen molar-refractivity contribution < 1.29 is 28.7 Å². The van der Waals surface area contributed by atoms with Crippen LogP contribution in [0.15, 0.2) is 30.3 Å². The molecule has 1 N–H and O–H groups in total. The number of nitro benzene ring substituents is 1. The molecule has 0 saturated carbocycles. The third kappa shape index (κ3) is 5.69. The minimum atomic E-state index is -1.18. The molecule has 9 nitrogen and oxygen atoms in total. The van der Waals surface area contributed by atoms with E-state index in [1.54, 1.807) is 0 Å². The van der Waals surface area contributed by atoms with Crippen LogP contribution in [-0.4, -0.2) is 36.6 Å². The second kappa shape index (κ2) is 9.73. The summed E-state index contributed by atoms with van der Waals surface area (Å²) < 4.78 is 15.6. The predicted molar refractivity (Wildman–Crippen MR) is 110 cm³/mol. The molecule has 1 amide bonds. The fraction of sp³-hybridized carbons (Fsp3) is 0.333. The van der Waals surface area contributed by atoms with E-state index in [1.807, 2.05) is 32.9 Å². The van der Waals surface area contributed by atoms with Crippen LogP contribution in [0.4, 0.5) is 11.4 Å². The molecule has 0 radical (unpaired) electrons. The molecule has 0 spiro atoms. The zero-order chi connectivity index (χ0) is 22.4. The summed E-state index contributed by atoms with van der Waals surface area (Å²) in [4.78, 5) is 35.0. The van der Waals surface area contributed by atoms with Gasteiger partial charge in [-0.2, -0.15) is 0 Å². The van der Waals surface area contributed by atoms with Gasteiger partial charge >= 0.3 is 5.97 Å². The third-order valence-electron chi connectivity index (χ3n) is 4.28. The lowest BCUT2D eigenvalue weighted by atomic mass is 10.1. The molecule has 0 aliphatic heterocycles. The number of nitrogens with zero attached hydrogens (tertiary/aromatic N) is 1. The Bertz CT molecular complexity index is 949. The first-order valence-corrected chi connectivity index (χ1v) is 9.15. The van der Waals surface area contributed by atoms with Crippen molar-refractivity contribution in [2.45, 2.75) is 33.8 Å². The Balaban J connectivity index is 1.98. The van der Waals surface area contributed by atoms with E-state index in [0.29, 0.717) is 5.75 Å². The molecule has 30 heavy (non-hydrogen) atoms. The van der Waals surface area contributed by atoms with Crippen molar-refractivity contribution in [2.75, 3.05) is 19.0 Å². The molecule has 0 unspecified atom stereocenters. The third-order valence-corrected chi connectivity index (χ3v) is 4.28. The summed E-state index contributed by atoms with van der Waals surface area (Å²) in [7, 11) is 1.38. The van der Waals surface area contributed by atoms with Crippen LogP contribution < -0.4 is 14.8 Å². The second-order valence-electron chi connectivity index (χ2n) is 6.78. The van der Waals surface area contributed by atoms with E-state index in [0.717, 1.165) is 16.7 Å². The molecule has 0 aromatic heterocycles. The van der Waals surface area contributed by atoms with E-state index in [9.17, 15) is 19.7 Å². The monoisotopic (exact) mass is 416 g/mol. The zero-order valence-electron chi connectivity index (χ0n) is 17.5. The van der Waals surface area contributed by atoms with Gasteiger partial charge in [0.2, 0.25) is 0 Å². The number of carbonyl (C=O) groups is 2. The van der Waals surface area contributed by atoms with Crippen LogP contribution >= 0.6 is 0 Å². The van der Waals surface area contributed by atoms with Gasteiger partial charge in [0.1, 0.15) is 17.2 Å². The maximum atomic E-state index is 12.3. The normalized spacial score (nSPS) is 11.4. The van der Waals surface area contributed by atoms with Crippen LogP contribution in [0.3, 0.4) is 0 Å². The van der Waals surface area contributed by atoms with Crippen molar-refractivity contribution in [3.05, 3.63) is 57.1 Å². The molecule has 2 aromatic carbocycles. The molecule has 0 heterocycles. The summed E-state index contributed by atoms with van der Waals surface area (Å²) in [5.74, 6) is -0.581. The number of anilines is 1. The van der Waals surface area contributed by atoms with Gasteiger partial charge in [0.25, 0.3) is 11.6 Å². The van der Waals surface area contributed by atoms with Crippen molar-refractivity contribution in [2.24, 2.45) is 0 Å². The number of hydrogen-bond donors (Lipinski definition) is 1. The number of rotatable bonds is 8. The SMILES string of the molecule is COc1ccc(NC(=O)[C@H](C)OC(=O)COc2c(C)cc(C)cc2C)c([N+](=O)[O-])c1. The Kier molecular flexibility index (Phi) is 7.35. The molecular weight excluding hydrogens is 392 g/mol. The lowest BCUT2D eigenvalue weighted by molar-refractivity contribution is -0.384. The summed E-state index contributed by atoms with van der Waals surface area (Å²) >= 11 is 0. The molecular formula is C21H24N2O7. The molecule has 0 saturated heterocycles. The number of amides is 1.